The third-order valence-corrected chi connectivity index (χ3v) is 6.67. The Balaban J connectivity index is 1.63. The first kappa shape index (κ1) is 22.6. The van der Waals surface area contributed by atoms with Crippen LogP contribution in [-0.2, 0) is 4.74 Å². The Morgan fingerprint density at radius 3 is 2.88 bits per heavy atom. The molecule has 4 N–H and O–H groups in total. The summed E-state index contributed by atoms with van der Waals surface area (Å²) in [5, 5.41) is 7.86. The number of allylic oxidation sites excluding steroid dienone is 2. The molecule has 2 aliphatic rings. The molecule has 176 valence electrons. The number of aromatic nitrogens is 2. The summed E-state index contributed by atoms with van der Waals surface area (Å²) < 4.78 is 15.4. The Bertz CT molecular complexity index is 1260. The van der Waals surface area contributed by atoms with Gasteiger partial charge in [0.2, 0.25) is 0 Å². The molecule has 1 atom stereocenters. The predicted molar refractivity (Wildman–Crippen MR) is 139 cm³/mol. The van der Waals surface area contributed by atoms with E-state index >= 15 is 0 Å². The normalized spacial score (nSPS) is 18.7. The minimum absolute atomic E-state index is 0.395. The van der Waals surface area contributed by atoms with Gasteiger partial charge in [0.25, 0.3) is 0 Å². The number of fused-ring (bicyclic) bond motifs is 1. The minimum Gasteiger partial charge on any atom is -0.450 e. The number of rotatable bonds is 6. The van der Waals surface area contributed by atoms with Crippen LogP contribution < -0.4 is 15.4 Å². The Kier molecular flexibility index (Phi) is 6.66. The van der Waals surface area contributed by atoms with Crippen LogP contribution in [-0.4, -0.2) is 54.8 Å². The Morgan fingerprint density at radius 2 is 2.09 bits per heavy atom. The molecule has 0 amide bonds. The van der Waals surface area contributed by atoms with Crippen LogP contribution in [0.3, 0.4) is 0 Å². The van der Waals surface area contributed by atoms with Crippen LogP contribution in [0.25, 0.3) is 28.1 Å². The molecule has 1 aliphatic carbocycles. The SMILES string of the molecule is CSNC1CC=CC(c2cc3nc(-c4cccc(N)c4C=N)nc(N4CCOCC4)c3o2)=CC1. The van der Waals surface area contributed by atoms with Crippen LogP contribution in [0.2, 0.25) is 0 Å². The number of furan rings is 1. The fraction of sp³-hybridized carbons (Fsp3) is 0.320. The molecule has 3 heterocycles. The van der Waals surface area contributed by atoms with E-state index in [-0.39, 0.29) is 0 Å². The van der Waals surface area contributed by atoms with Crippen molar-refractivity contribution < 1.29 is 9.15 Å². The van der Waals surface area contributed by atoms with Crippen LogP contribution >= 0.6 is 11.9 Å². The van der Waals surface area contributed by atoms with E-state index in [9.17, 15) is 0 Å². The van der Waals surface area contributed by atoms with Crippen molar-refractivity contribution in [1.29, 1.82) is 5.41 Å². The lowest BCUT2D eigenvalue weighted by Gasteiger charge is -2.28. The van der Waals surface area contributed by atoms with Gasteiger partial charge in [0, 0.05) is 53.8 Å². The van der Waals surface area contributed by atoms with Crippen molar-refractivity contribution >= 4 is 46.3 Å². The highest BCUT2D eigenvalue weighted by Gasteiger charge is 2.23. The summed E-state index contributed by atoms with van der Waals surface area (Å²) in [6.45, 7) is 2.72. The summed E-state index contributed by atoms with van der Waals surface area (Å²) in [7, 11) is 0. The summed E-state index contributed by atoms with van der Waals surface area (Å²) in [5.74, 6) is 2.05. The zero-order valence-electron chi connectivity index (χ0n) is 19.1. The lowest BCUT2D eigenvalue weighted by Crippen LogP contribution is -2.37. The Hall–Kier alpha value is -3.14. The number of hydrogen-bond donors (Lipinski definition) is 3. The van der Waals surface area contributed by atoms with Crippen molar-refractivity contribution in [3.05, 3.63) is 53.8 Å². The maximum atomic E-state index is 7.86. The van der Waals surface area contributed by atoms with Crippen LogP contribution in [0.1, 0.15) is 24.2 Å². The van der Waals surface area contributed by atoms with Crippen molar-refractivity contribution in [2.45, 2.75) is 18.9 Å². The van der Waals surface area contributed by atoms with Gasteiger partial charge in [0.1, 0.15) is 11.3 Å². The van der Waals surface area contributed by atoms with Gasteiger partial charge >= 0.3 is 0 Å². The molecule has 9 heteroatoms. The van der Waals surface area contributed by atoms with E-state index in [2.05, 4.69) is 27.9 Å². The lowest BCUT2D eigenvalue weighted by atomic mass is 10.1. The minimum atomic E-state index is 0.395. The van der Waals surface area contributed by atoms with Crippen molar-refractivity contribution in [3.63, 3.8) is 0 Å². The van der Waals surface area contributed by atoms with Gasteiger partial charge in [-0.25, -0.2) is 9.97 Å². The number of anilines is 2. The van der Waals surface area contributed by atoms with Gasteiger partial charge in [-0.3, -0.25) is 4.72 Å². The van der Waals surface area contributed by atoms with E-state index < -0.39 is 0 Å². The first-order valence-corrected chi connectivity index (χ1v) is 12.6. The van der Waals surface area contributed by atoms with Gasteiger partial charge in [-0.2, -0.15) is 0 Å². The summed E-state index contributed by atoms with van der Waals surface area (Å²) in [5.41, 5.74) is 10.4. The molecule has 1 aromatic carbocycles. The van der Waals surface area contributed by atoms with Gasteiger partial charge in [-0.1, -0.05) is 42.3 Å². The average molecular weight is 477 g/mol. The van der Waals surface area contributed by atoms with E-state index in [1.807, 2.05) is 24.5 Å². The fourth-order valence-corrected chi connectivity index (χ4v) is 4.87. The smallest absolute Gasteiger partial charge is 0.195 e. The first-order chi connectivity index (χ1) is 16.7. The highest BCUT2D eigenvalue weighted by atomic mass is 32.2. The fourth-order valence-electron chi connectivity index (χ4n) is 4.34. The summed E-state index contributed by atoms with van der Waals surface area (Å²) >= 11 is 1.64. The second kappa shape index (κ2) is 10.0. The summed E-state index contributed by atoms with van der Waals surface area (Å²) in [4.78, 5) is 11.9. The Labute approximate surface area is 202 Å². The number of nitrogen functional groups attached to an aromatic ring is 1. The third kappa shape index (κ3) is 4.46. The lowest BCUT2D eigenvalue weighted by molar-refractivity contribution is 0.122. The molecule has 2 aromatic heterocycles. The van der Waals surface area contributed by atoms with E-state index in [1.165, 1.54) is 6.21 Å². The van der Waals surface area contributed by atoms with E-state index in [1.54, 1.807) is 18.0 Å². The molecule has 3 aromatic rings. The molecule has 34 heavy (non-hydrogen) atoms. The van der Waals surface area contributed by atoms with Crippen molar-refractivity contribution in [1.82, 2.24) is 14.7 Å². The molecule has 8 nitrogen and oxygen atoms in total. The topological polar surface area (TPSA) is 113 Å². The monoisotopic (exact) mass is 476 g/mol. The number of morpholine rings is 1. The standard InChI is InChI=1S/C25H28N6O2S/c1-34-30-17-5-2-4-16(8-9-17)22-14-21-23(33-22)25(31-10-12-32-13-11-31)29-24(28-21)18-6-3-7-20(27)19(18)15-26/h2-4,6-8,14-15,17,26,30H,5,9-13,27H2,1H3. The maximum Gasteiger partial charge on any atom is 0.195 e. The van der Waals surface area contributed by atoms with E-state index in [4.69, 9.17) is 30.3 Å². The molecule has 1 unspecified atom stereocenters. The van der Waals surface area contributed by atoms with Crippen molar-refractivity contribution in [2.75, 3.05) is 43.2 Å². The molecule has 5 rings (SSSR count). The van der Waals surface area contributed by atoms with Crippen LogP contribution in [0.5, 0.6) is 0 Å². The highest BCUT2D eigenvalue weighted by molar-refractivity contribution is 7.96. The number of nitrogens with zero attached hydrogens (tertiary/aromatic N) is 3. The molecule has 0 spiro atoms. The molecule has 0 radical (unpaired) electrons. The Morgan fingerprint density at radius 1 is 1.24 bits per heavy atom. The number of hydrogen-bond acceptors (Lipinski definition) is 9. The van der Waals surface area contributed by atoms with Crippen LogP contribution in [0, 0.1) is 5.41 Å². The zero-order valence-corrected chi connectivity index (χ0v) is 19.9. The second-order valence-electron chi connectivity index (χ2n) is 8.30. The quantitative estimate of drug-likeness (QED) is 0.275. The highest BCUT2D eigenvalue weighted by Crippen LogP contribution is 2.35. The number of nitrogens with one attached hydrogen (secondary N) is 2. The van der Waals surface area contributed by atoms with Gasteiger partial charge in [-0.05, 0) is 25.2 Å². The molecular formula is C25H28N6O2S. The predicted octanol–water partition coefficient (Wildman–Crippen LogP) is 4.28. The van der Waals surface area contributed by atoms with Gasteiger partial charge in [-0.15, -0.1) is 0 Å². The van der Waals surface area contributed by atoms with Gasteiger partial charge in [0.15, 0.2) is 17.2 Å². The molecule has 1 fully saturated rings. The zero-order chi connectivity index (χ0) is 23.5. The number of nitrogens with two attached hydrogens (primary N) is 1. The molecule has 1 aliphatic heterocycles. The van der Waals surface area contributed by atoms with Crippen molar-refractivity contribution in [3.8, 4) is 11.4 Å². The molecular weight excluding hydrogens is 448 g/mol. The molecule has 0 bridgehead atoms. The third-order valence-electron chi connectivity index (χ3n) is 6.10. The van der Waals surface area contributed by atoms with Gasteiger partial charge in [0.05, 0.1) is 13.2 Å². The molecule has 1 saturated heterocycles. The largest absolute Gasteiger partial charge is 0.450 e. The van der Waals surface area contributed by atoms with E-state index in [0.29, 0.717) is 41.9 Å². The molecule has 0 saturated carbocycles. The number of ether oxygens (including phenoxy) is 1. The van der Waals surface area contributed by atoms with Crippen LogP contribution in [0.4, 0.5) is 11.5 Å². The van der Waals surface area contributed by atoms with Gasteiger partial charge < -0.3 is 25.2 Å². The van der Waals surface area contributed by atoms with E-state index in [0.717, 1.165) is 54.2 Å². The first-order valence-electron chi connectivity index (χ1n) is 11.4. The van der Waals surface area contributed by atoms with Crippen LogP contribution in [0.15, 0.2) is 46.9 Å². The number of benzene rings is 1. The van der Waals surface area contributed by atoms with Crippen molar-refractivity contribution in [2.24, 2.45) is 0 Å². The maximum absolute atomic E-state index is 7.86. The summed E-state index contributed by atoms with van der Waals surface area (Å²) in [6.07, 6.45) is 11.7. The average Bonchev–Trinajstić information content (AvgIpc) is 3.16. The second-order valence-corrected chi connectivity index (χ2v) is 8.94. The summed E-state index contributed by atoms with van der Waals surface area (Å²) in [6, 6.07) is 7.93.